The van der Waals surface area contributed by atoms with E-state index >= 15 is 0 Å². The van der Waals surface area contributed by atoms with E-state index in [1.54, 1.807) is 6.08 Å². The second kappa shape index (κ2) is 4.48. The average Bonchev–Trinajstić information content (AvgIpc) is 1.61. The van der Waals surface area contributed by atoms with Gasteiger partial charge in [0, 0.05) is 6.42 Å². The normalized spacial score (nSPS) is 9.50. The van der Waals surface area contributed by atoms with Crippen molar-refractivity contribution in [2.75, 3.05) is 0 Å². The summed E-state index contributed by atoms with van der Waals surface area (Å²) in [4.78, 5) is 0. The SMILES string of the molecule is C=C[CH]/C=C/C. The summed E-state index contributed by atoms with van der Waals surface area (Å²) in [6.45, 7) is 5.46. The summed E-state index contributed by atoms with van der Waals surface area (Å²) < 4.78 is 0. The van der Waals surface area contributed by atoms with Crippen LogP contribution in [-0.2, 0) is 0 Å². The molecular weight excluding hydrogens is 72.1 g/mol. The van der Waals surface area contributed by atoms with Crippen molar-refractivity contribution in [1.29, 1.82) is 0 Å². The third kappa shape index (κ3) is 3.48. The Kier molecular flexibility index (Phi) is 4.09. The van der Waals surface area contributed by atoms with Gasteiger partial charge >= 0.3 is 0 Å². The molecule has 0 saturated heterocycles. The lowest BCUT2D eigenvalue weighted by atomic mass is 10.4. The molecule has 0 heterocycles. The fourth-order valence-corrected chi connectivity index (χ4v) is 0.190. The van der Waals surface area contributed by atoms with Crippen molar-refractivity contribution in [2.24, 2.45) is 0 Å². The smallest absolute Gasteiger partial charge is 0.00412 e. The summed E-state index contributed by atoms with van der Waals surface area (Å²) in [5.74, 6) is 0. The topological polar surface area (TPSA) is 0 Å². The van der Waals surface area contributed by atoms with Gasteiger partial charge in [0.2, 0.25) is 0 Å². The van der Waals surface area contributed by atoms with Crippen LogP contribution in [0.25, 0.3) is 0 Å². The first-order valence-electron chi connectivity index (χ1n) is 1.99. The highest BCUT2D eigenvalue weighted by atomic mass is 13.6. The van der Waals surface area contributed by atoms with E-state index in [1.165, 1.54) is 0 Å². The Balaban J connectivity index is 2.85. The second-order valence-electron chi connectivity index (χ2n) is 0.954. The third-order valence-electron chi connectivity index (χ3n) is 0.440. The Morgan fingerprint density at radius 1 is 1.50 bits per heavy atom. The average molecular weight is 81.1 g/mol. The van der Waals surface area contributed by atoms with Gasteiger partial charge in [-0.1, -0.05) is 18.2 Å². The van der Waals surface area contributed by atoms with Crippen LogP contribution < -0.4 is 0 Å². The van der Waals surface area contributed by atoms with Crippen molar-refractivity contribution < 1.29 is 0 Å². The van der Waals surface area contributed by atoms with Crippen LogP contribution in [0.4, 0.5) is 0 Å². The van der Waals surface area contributed by atoms with E-state index in [9.17, 15) is 0 Å². The van der Waals surface area contributed by atoms with Gasteiger partial charge in [-0.05, 0) is 6.92 Å². The van der Waals surface area contributed by atoms with Crippen LogP contribution in [0.5, 0.6) is 0 Å². The monoisotopic (exact) mass is 81.1 g/mol. The molecule has 0 unspecified atom stereocenters. The quantitative estimate of drug-likeness (QED) is 0.476. The highest BCUT2D eigenvalue weighted by Gasteiger charge is 1.58. The molecule has 0 N–H and O–H groups in total. The number of hydrogen-bond donors (Lipinski definition) is 0. The van der Waals surface area contributed by atoms with E-state index < -0.39 is 0 Å². The molecule has 0 atom stereocenters. The Bertz CT molecular complexity index is 51.1. The van der Waals surface area contributed by atoms with Crippen molar-refractivity contribution in [1.82, 2.24) is 0 Å². The van der Waals surface area contributed by atoms with Gasteiger partial charge in [-0.25, -0.2) is 0 Å². The summed E-state index contributed by atoms with van der Waals surface area (Å²) in [5.41, 5.74) is 0. The fraction of sp³-hybridized carbons (Fsp3) is 0.167. The Morgan fingerprint density at radius 2 is 2.17 bits per heavy atom. The van der Waals surface area contributed by atoms with Crippen LogP contribution in [-0.4, -0.2) is 0 Å². The minimum atomic E-state index is 1.75. The first-order chi connectivity index (χ1) is 2.91. The molecule has 0 aliphatic carbocycles. The van der Waals surface area contributed by atoms with Gasteiger partial charge in [0.1, 0.15) is 0 Å². The first-order valence-corrected chi connectivity index (χ1v) is 1.99. The molecular formula is C6H9. The van der Waals surface area contributed by atoms with Crippen molar-refractivity contribution in [3.8, 4) is 0 Å². The maximum atomic E-state index is 3.49. The molecule has 0 aliphatic rings. The molecule has 0 aromatic rings. The van der Waals surface area contributed by atoms with Gasteiger partial charge in [-0.15, -0.1) is 6.58 Å². The summed E-state index contributed by atoms with van der Waals surface area (Å²) in [7, 11) is 0. The van der Waals surface area contributed by atoms with E-state index in [2.05, 4.69) is 6.58 Å². The lowest BCUT2D eigenvalue weighted by Crippen LogP contribution is -1.50. The minimum absolute atomic E-state index is 1.75. The van der Waals surface area contributed by atoms with Gasteiger partial charge < -0.3 is 0 Å². The predicted molar refractivity (Wildman–Crippen MR) is 29.3 cm³/mol. The molecule has 0 aliphatic heterocycles. The third-order valence-corrected chi connectivity index (χ3v) is 0.440. The molecule has 1 radical (unpaired) electrons. The van der Waals surface area contributed by atoms with E-state index in [0.29, 0.717) is 0 Å². The summed E-state index contributed by atoms with van der Waals surface area (Å²) in [6.07, 6.45) is 7.54. The largest absolute Gasteiger partial charge is 0.102 e. The van der Waals surface area contributed by atoms with Crippen LogP contribution >= 0.6 is 0 Å². The Labute approximate surface area is 39.2 Å². The minimum Gasteiger partial charge on any atom is -0.102 e. The zero-order valence-electron chi connectivity index (χ0n) is 4.02. The lowest BCUT2D eigenvalue weighted by Gasteiger charge is -1.68. The summed E-state index contributed by atoms with van der Waals surface area (Å²) in [6, 6.07) is 0. The van der Waals surface area contributed by atoms with Gasteiger partial charge in [0.15, 0.2) is 0 Å². The second-order valence-corrected chi connectivity index (χ2v) is 0.954. The molecule has 0 spiro atoms. The molecule has 0 amide bonds. The van der Waals surface area contributed by atoms with Crippen LogP contribution in [0.1, 0.15) is 6.92 Å². The molecule has 0 nitrogen and oxygen atoms in total. The molecule has 0 aromatic carbocycles. The molecule has 33 valence electrons. The zero-order valence-corrected chi connectivity index (χ0v) is 4.02. The van der Waals surface area contributed by atoms with Crippen molar-refractivity contribution >= 4 is 0 Å². The number of rotatable bonds is 2. The predicted octanol–water partition coefficient (Wildman–Crippen LogP) is 1.95. The van der Waals surface area contributed by atoms with Crippen LogP contribution in [0.3, 0.4) is 0 Å². The molecule has 0 aromatic heterocycles. The highest BCUT2D eigenvalue weighted by Crippen LogP contribution is 1.76. The van der Waals surface area contributed by atoms with Crippen molar-refractivity contribution in [2.45, 2.75) is 6.92 Å². The van der Waals surface area contributed by atoms with E-state index in [0.717, 1.165) is 0 Å². The van der Waals surface area contributed by atoms with E-state index in [-0.39, 0.29) is 0 Å². The standard InChI is InChI=1S/C6H9/c1-3-5-6-4-2/h3-6H,1H2,2H3/b6-4+. The summed E-state index contributed by atoms with van der Waals surface area (Å²) in [5, 5.41) is 0. The molecule has 0 fully saturated rings. The van der Waals surface area contributed by atoms with Crippen LogP contribution in [0.15, 0.2) is 24.8 Å². The van der Waals surface area contributed by atoms with E-state index in [1.807, 2.05) is 25.5 Å². The highest BCUT2D eigenvalue weighted by molar-refractivity contribution is 5.03. The number of hydrogen-bond acceptors (Lipinski definition) is 0. The molecule has 0 rings (SSSR count). The Morgan fingerprint density at radius 3 is 2.33 bits per heavy atom. The van der Waals surface area contributed by atoms with Gasteiger partial charge in [-0.3, -0.25) is 0 Å². The summed E-state index contributed by atoms with van der Waals surface area (Å²) >= 11 is 0. The van der Waals surface area contributed by atoms with Gasteiger partial charge in [-0.2, -0.15) is 0 Å². The first kappa shape index (κ1) is 5.48. The molecule has 0 heteroatoms. The van der Waals surface area contributed by atoms with Gasteiger partial charge in [0.25, 0.3) is 0 Å². The fourth-order valence-electron chi connectivity index (χ4n) is 0.190. The zero-order chi connectivity index (χ0) is 4.83. The van der Waals surface area contributed by atoms with E-state index in [4.69, 9.17) is 0 Å². The van der Waals surface area contributed by atoms with Crippen molar-refractivity contribution in [3.05, 3.63) is 31.2 Å². The van der Waals surface area contributed by atoms with Crippen LogP contribution in [0.2, 0.25) is 0 Å². The maximum Gasteiger partial charge on any atom is 0.00412 e. The molecule has 0 bridgehead atoms. The van der Waals surface area contributed by atoms with Crippen molar-refractivity contribution in [3.63, 3.8) is 0 Å². The lowest BCUT2D eigenvalue weighted by molar-refractivity contribution is 1.67. The van der Waals surface area contributed by atoms with Gasteiger partial charge in [0.05, 0.1) is 0 Å². The molecule has 0 saturated carbocycles. The number of allylic oxidation sites excluding steroid dienone is 3. The maximum absolute atomic E-state index is 3.49. The Hall–Kier alpha value is -0.520. The molecule has 6 heavy (non-hydrogen) atoms. The van der Waals surface area contributed by atoms with Crippen LogP contribution in [0, 0.1) is 6.42 Å².